The minimum atomic E-state index is -0.803. The van der Waals surface area contributed by atoms with Crippen LogP contribution in [0.25, 0.3) is 11.0 Å². The van der Waals surface area contributed by atoms with E-state index in [1.807, 2.05) is 0 Å². The van der Waals surface area contributed by atoms with Crippen molar-refractivity contribution in [2.75, 3.05) is 7.11 Å². The van der Waals surface area contributed by atoms with Crippen molar-refractivity contribution in [2.45, 2.75) is 37.7 Å². The van der Waals surface area contributed by atoms with Crippen molar-refractivity contribution in [3.05, 3.63) is 35.8 Å². The largest absolute Gasteiger partial charge is 0.450 e. The minimum Gasteiger partial charge on any atom is -0.450 e. The monoisotopic (exact) mass is 276 g/mol. The van der Waals surface area contributed by atoms with Crippen molar-refractivity contribution < 1.29 is 18.3 Å². The van der Waals surface area contributed by atoms with Crippen molar-refractivity contribution in [3.63, 3.8) is 0 Å². The zero-order valence-electron chi connectivity index (χ0n) is 11.4. The molecule has 106 valence electrons. The first-order chi connectivity index (χ1) is 9.66. The highest BCUT2D eigenvalue weighted by Gasteiger charge is 2.41. The summed E-state index contributed by atoms with van der Waals surface area (Å²) >= 11 is 0. The SMILES string of the molecule is COC1(C(=O)c2cc3cccc(F)c3o2)CCCCC1. The Balaban J connectivity index is 2.01. The topological polar surface area (TPSA) is 39.4 Å². The number of methoxy groups -OCH3 is 1. The lowest BCUT2D eigenvalue weighted by molar-refractivity contribution is -0.0210. The van der Waals surface area contributed by atoms with E-state index in [0.29, 0.717) is 18.2 Å². The zero-order valence-corrected chi connectivity index (χ0v) is 11.4. The number of benzene rings is 1. The molecule has 1 saturated carbocycles. The molecular formula is C16H17FO3. The first-order valence-electron chi connectivity index (χ1n) is 6.94. The van der Waals surface area contributed by atoms with Crippen LogP contribution in [-0.4, -0.2) is 18.5 Å². The van der Waals surface area contributed by atoms with Crippen molar-refractivity contribution in [3.8, 4) is 0 Å². The average molecular weight is 276 g/mol. The summed E-state index contributed by atoms with van der Waals surface area (Å²) in [5.41, 5.74) is -0.666. The van der Waals surface area contributed by atoms with E-state index in [9.17, 15) is 9.18 Å². The summed E-state index contributed by atoms with van der Waals surface area (Å²) in [5.74, 6) is -0.430. The van der Waals surface area contributed by atoms with E-state index in [0.717, 1.165) is 19.3 Å². The quantitative estimate of drug-likeness (QED) is 0.792. The number of fused-ring (bicyclic) bond motifs is 1. The second kappa shape index (κ2) is 5.02. The Bertz CT molecular complexity index is 638. The van der Waals surface area contributed by atoms with Crippen LogP contribution >= 0.6 is 0 Å². The molecule has 3 nitrogen and oxygen atoms in total. The van der Waals surface area contributed by atoms with Gasteiger partial charge in [-0.2, -0.15) is 0 Å². The van der Waals surface area contributed by atoms with Crippen molar-refractivity contribution in [1.29, 1.82) is 0 Å². The average Bonchev–Trinajstić information content (AvgIpc) is 2.92. The second-order valence-corrected chi connectivity index (χ2v) is 5.36. The molecule has 0 unspecified atom stereocenters. The standard InChI is InChI=1S/C16H17FO3/c1-19-16(8-3-2-4-9-16)15(18)13-10-11-6-5-7-12(17)14(11)20-13/h5-7,10H,2-4,8-9H2,1H3. The molecule has 0 bridgehead atoms. The maximum absolute atomic E-state index is 13.6. The third-order valence-corrected chi connectivity index (χ3v) is 4.19. The molecule has 3 rings (SSSR count). The molecule has 1 heterocycles. The van der Waals surface area contributed by atoms with Crippen LogP contribution in [0.2, 0.25) is 0 Å². The van der Waals surface area contributed by atoms with E-state index in [1.54, 1.807) is 25.3 Å². The molecule has 0 N–H and O–H groups in total. The number of hydrogen-bond donors (Lipinski definition) is 0. The Morgan fingerprint density at radius 2 is 2.05 bits per heavy atom. The highest BCUT2D eigenvalue weighted by atomic mass is 19.1. The van der Waals surface area contributed by atoms with Crippen LogP contribution in [0.3, 0.4) is 0 Å². The number of rotatable bonds is 3. The fourth-order valence-corrected chi connectivity index (χ4v) is 3.01. The van der Waals surface area contributed by atoms with Gasteiger partial charge >= 0.3 is 0 Å². The first-order valence-corrected chi connectivity index (χ1v) is 6.94. The van der Waals surface area contributed by atoms with Gasteiger partial charge in [0.1, 0.15) is 5.60 Å². The van der Waals surface area contributed by atoms with Crippen molar-refractivity contribution >= 4 is 16.8 Å². The molecule has 0 spiro atoms. The normalized spacial score (nSPS) is 18.3. The van der Waals surface area contributed by atoms with Gasteiger partial charge in [0.2, 0.25) is 5.78 Å². The number of halogens is 1. The smallest absolute Gasteiger partial charge is 0.229 e. The van der Waals surface area contributed by atoms with Gasteiger partial charge in [0.25, 0.3) is 0 Å². The molecule has 1 aromatic carbocycles. The summed E-state index contributed by atoms with van der Waals surface area (Å²) in [4.78, 5) is 12.7. The molecule has 20 heavy (non-hydrogen) atoms. The van der Waals surface area contributed by atoms with Crippen molar-refractivity contribution in [2.24, 2.45) is 0 Å². The number of carbonyl (C=O) groups excluding carboxylic acids is 1. The number of furan rings is 1. The number of ketones is 1. The summed E-state index contributed by atoms with van der Waals surface area (Å²) in [5, 5.41) is 0.607. The van der Waals surface area contributed by atoms with Crippen LogP contribution in [0, 0.1) is 5.82 Å². The Labute approximate surface area is 116 Å². The lowest BCUT2D eigenvalue weighted by Crippen LogP contribution is -2.42. The summed E-state index contributed by atoms with van der Waals surface area (Å²) < 4.78 is 24.6. The molecule has 4 heteroatoms. The van der Waals surface area contributed by atoms with Crippen LogP contribution in [0.15, 0.2) is 28.7 Å². The third kappa shape index (κ3) is 2.04. The molecule has 0 amide bonds. The molecule has 0 saturated heterocycles. The van der Waals surface area contributed by atoms with Gasteiger partial charge in [0.05, 0.1) is 0 Å². The highest BCUT2D eigenvalue weighted by molar-refractivity contribution is 6.03. The van der Waals surface area contributed by atoms with Crippen LogP contribution in [0.1, 0.15) is 42.7 Å². The zero-order chi connectivity index (χ0) is 14.2. The third-order valence-electron chi connectivity index (χ3n) is 4.19. The van der Waals surface area contributed by atoms with Gasteiger partial charge in [-0.05, 0) is 25.0 Å². The molecule has 0 atom stereocenters. The predicted octanol–water partition coefficient (Wildman–Crippen LogP) is 4.10. The molecule has 1 aliphatic rings. The highest BCUT2D eigenvalue weighted by Crippen LogP contribution is 2.35. The number of ether oxygens (including phenoxy) is 1. The number of hydrogen-bond acceptors (Lipinski definition) is 3. The molecule has 0 aliphatic heterocycles. The lowest BCUT2D eigenvalue weighted by Gasteiger charge is -2.33. The van der Waals surface area contributed by atoms with Gasteiger partial charge in [0, 0.05) is 12.5 Å². The Morgan fingerprint density at radius 1 is 1.30 bits per heavy atom. The fourth-order valence-electron chi connectivity index (χ4n) is 3.01. The maximum atomic E-state index is 13.6. The van der Waals surface area contributed by atoms with E-state index in [-0.39, 0.29) is 17.1 Å². The molecule has 1 aromatic heterocycles. The minimum absolute atomic E-state index is 0.137. The van der Waals surface area contributed by atoms with Gasteiger partial charge in [-0.15, -0.1) is 0 Å². The van der Waals surface area contributed by atoms with E-state index in [2.05, 4.69) is 0 Å². The van der Waals surface area contributed by atoms with Crippen LogP contribution in [0.4, 0.5) is 4.39 Å². The second-order valence-electron chi connectivity index (χ2n) is 5.36. The van der Waals surface area contributed by atoms with Gasteiger partial charge in [-0.25, -0.2) is 4.39 Å². The summed E-state index contributed by atoms with van der Waals surface area (Å²) in [6.45, 7) is 0. The molecule has 1 fully saturated rings. The maximum Gasteiger partial charge on any atom is 0.229 e. The predicted molar refractivity (Wildman–Crippen MR) is 73.3 cm³/mol. The summed E-state index contributed by atoms with van der Waals surface area (Å²) in [6.07, 6.45) is 4.44. The number of carbonyl (C=O) groups is 1. The van der Waals surface area contributed by atoms with Gasteiger partial charge in [-0.3, -0.25) is 4.79 Å². The van der Waals surface area contributed by atoms with Crippen LogP contribution in [0.5, 0.6) is 0 Å². The Kier molecular flexibility index (Phi) is 3.34. The lowest BCUT2D eigenvalue weighted by atomic mass is 9.80. The van der Waals surface area contributed by atoms with Crippen LogP contribution < -0.4 is 0 Å². The molecule has 0 radical (unpaired) electrons. The Morgan fingerprint density at radius 3 is 2.70 bits per heavy atom. The summed E-state index contributed by atoms with van der Waals surface area (Å²) in [6, 6.07) is 6.27. The van der Waals surface area contributed by atoms with Gasteiger partial charge in [0.15, 0.2) is 17.2 Å². The number of para-hydroxylation sites is 1. The first kappa shape index (κ1) is 13.3. The Hall–Kier alpha value is -1.68. The van der Waals surface area contributed by atoms with E-state index in [4.69, 9.17) is 9.15 Å². The molecule has 2 aromatic rings. The van der Waals surface area contributed by atoms with Gasteiger partial charge in [-0.1, -0.05) is 31.4 Å². The van der Waals surface area contributed by atoms with Crippen molar-refractivity contribution in [1.82, 2.24) is 0 Å². The van der Waals surface area contributed by atoms with E-state index in [1.165, 1.54) is 6.07 Å². The fraction of sp³-hybridized carbons (Fsp3) is 0.438. The number of Topliss-reactive ketones (excluding diaryl/α,β-unsaturated/α-hetero) is 1. The molecule has 1 aliphatic carbocycles. The summed E-state index contributed by atoms with van der Waals surface area (Å²) in [7, 11) is 1.56. The molecular weight excluding hydrogens is 259 g/mol. The van der Waals surface area contributed by atoms with E-state index >= 15 is 0 Å². The van der Waals surface area contributed by atoms with Crippen LogP contribution in [-0.2, 0) is 4.74 Å². The van der Waals surface area contributed by atoms with E-state index < -0.39 is 11.4 Å². The van der Waals surface area contributed by atoms with Gasteiger partial charge < -0.3 is 9.15 Å².